The van der Waals surface area contributed by atoms with Gasteiger partial charge in [0.15, 0.2) is 0 Å². The molecule has 0 atom stereocenters. The molecule has 23 heavy (non-hydrogen) atoms. The van der Waals surface area contributed by atoms with E-state index in [0.717, 1.165) is 18.8 Å². The van der Waals surface area contributed by atoms with Gasteiger partial charge < -0.3 is 15.5 Å². The van der Waals surface area contributed by atoms with Gasteiger partial charge in [-0.25, -0.2) is 4.39 Å². The van der Waals surface area contributed by atoms with E-state index in [1.165, 1.54) is 30.7 Å². The van der Waals surface area contributed by atoms with E-state index in [4.69, 9.17) is 0 Å². The zero-order chi connectivity index (χ0) is 16.1. The first kappa shape index (κ1) is 15.3. The van der Waals surface area contributed by atoms with Gasteiger partial charge in [0.1, 0.15) is 5.82 Å². The molecule has 0 aromatic heterocycles. The van der Waals surface area contributed by atoms with Crippen molar-refractivity contribution < 1.29 is 9.18 Å². The third kappa shape index (κ3) is 4.22. The zero-order valence-corrected chi connectivity index (χ0v) is 12.9. The Bertz CT molecular complexity index is 649. The Morgan fingerprint density at radius 1 is 0.957 bits per heavy atom. The number of nitrogens with one attached hydrogen (secondary N) is 2. The summed E-state index contributed by atoms with van der Waals surface area (Å²) in [5, 5.41) is 5.81. The number of carbonyl (C=O) groups excluding carboxylic acids is 1. The van der Waals surface area contributed by atoms with Crippen molar-refractivity contribution in [3.63, 3.8) is 0 Å². The molecule has 5 heteroatoms. The van der Waals surface area contributed by atoms with Crippen LogP contribution in [0, 0.1) is 5.82 Å². The lowest BCUT2D eigenvalue weighted by molar-refractivity contribution is -0.114. The first-order chi connectivity index (χ1) is 11.2. The van der Waals surface area contributed by atoms with Gasteiger partial charge in [0.05, 0.1) is 6.54 Å². The maximum atomic E-state index is 12.8. The summed E-state index contributed by atoms with van der Waals surface area (Å²) in [6, 6.07) is 13.8. The van der Waals surface area contributed by atoms with Crippen LogP contribution in [0.15, 0.2) is 48.5 Å². The quantitative estimate of drug-likeness (QED) is 0.888. The highest BCUT2D eigenvalue weighted by Gasteiger charge is 2.12. The number of benzene rings is 2. The van der Waals surface area contributed by atoms with Crippen LogP contribution in [0.4, 0.5) is 21.5 Å². The summed E-state index contributed by atoms with van der Waals surface area (Å²) in [4.78, 5) is 14.3. The third-order valence-corrected chi connectivity index (χ3v) is 3.92. The van der Waals surface area contributed by atoms with Gasteiger partial charge in [-0.15, -0.1) is 0 Å². The van der Waals surface area contributed by atoms with E-state index < -0.39 is 0 Å². The zero-order valence-electron chi connectivity index (χ0n) is 12.9. The topological polar surface area (TPSA) is 44.4 Å². The molecule has 0 aliphatic carbocycles. The first-order valence-corrected chi connectivity index (χ1v) is 7.85. The van der Waals surface area contributed by atoms with Crippen LogP contribution in [0.25, 0.3) is 0 Å². The number of rotatable bonds is 5. The Kier molecular flexibility index (Phi) is 4.76. The second-order valence-corrected chi connectivity index (χ2v) is 5.65. The second kappa shape index (κ2) is 7.13. The molecule has 1 aliphatic heterocycles. The van der Waals surface area contributed by atoms with Crippen molar-refractivity contribution in [1.29, 1.82) is 0 Å². The average molecular weight is 313 g/mol. The molecule has 1 saturated heterocycles. The summed E-state index contributed by atoms with van der Waals surface area (Å²) in [5.41, 5.74) is 2.69. The van der Waals surface area contributed by atoms with Crippen molar-refractivity contribution in [2.75, 3.05) is 35.2 Å². The van der Waals surface area contributed by atoms with Gasteiger partial charge in [0.25, 0.3) is 0 Å². The van der Waals surface area contributed by atoms with Crippen LogP contribution in [0.5, 0.6) is 0 Å². The van der Waals surface area contributed by atoms with Crippen LogP contribution >= 0.6 is 0 Å². The molecule has 0 bridgehead atoms. The monoisotopic (exact) mass is 313 g/mol. The molecule has 1 heterocycles. The van der Waals surface area contributed by atoms with E-state index in [1.807, 2.05) is 24.3 Å². The van der Waals surface area contributed by atoms with Gasteiger partial charge in [-0.2, -0.15) is 0 Å². The van der Waals surface area contributed by atoms with E-state index in [-0.39, 0.29) is 18.3 Å². The van der Waals surface area contributed by atoms with Gasteiger partial charge in [-0.05, 0) is 61.4 Å². The lowest BCUT2D eigenvalue weighted by Crippen LogP contribution is -2.22. The fraction of sp³-hybridized carbons (Fsp3) is 0.278. The minimum atomic E-state index is -0.293. The van der Waals surface area contributed by atoms with Crippen LogP contribution in [0.2, 0.25) is 0 Å². The molecule has 4 nitrogen and oxygen atoms in total. The molecule has 0 radical (unpaired) electrons. The fourth-order valence-corrected chi connectivity index (χ4v) is 2.69. The van der Waals surface area contributed by atoms with Crippen molar-refractivity contribution in [1.82, 2.24) is 0 Å². The molecular weight excluding hydrogens is 293 g/mol. The number of carbonyl (C=O) groups is 1. The molecule has 1 fully saturated rings. The average Bonchev–Trinajstić information content (AvgIpc) is 3.09. The number of halogens is 1. The smallest absolute Gasteiger partial charge is 0.243 e. The van der Waals surface area contributed by atoms with Gasteiger partial charge in [0, 0.05) is 30.2 Å². The van der Waals surface area contributed by atoms with Crippen molar-refractivity contribution in [2.45, 2.75) is 12.8 Å². The number of hydrogen-bond donors (Lipinski definition) is 2. The number of hydrogen-bond acceptors (Lipinski definition) is 3. The Hall–Kier alpha value is -2.56. The Morgan fingerprint density at radius 2 is 1.57 bits per heavy atom. The minimum absolute atomic E-state index is 0.136. The van der Waals surface area contributed by atoms with Crippen LogP contribution < -0.4 is 15.5 Å². The van der Waals surface area contributed by atoms with E-state index in [0.29, 0.717) is 5.69 Å². The van der Waals surface area contributed by atoms with Crippen LogP contribution in [0.1, 0.15) is 12.8 Å². The van der Waals surface area contributed by atoms with E-state index >= 15 is 0 Å². The Morgan fingerprint density at radius 3 is 2.22 bits per heavy atom. The molecule has 1 amide bonds. The van der Waals surface area contributed by atoms with Crippen LogP contribution in [-0.4, -0.2) is 25.5 Å². The fourth-order valence-electron chi connectivity index (χ4n) is 2.69. The molecule has 120 valence electrons. The minimum Gasteiger partial charge on any atom is -0.376 e. The summed E-state index contributed by atoms with van der Waals surface area (Å²) in [6.07, 6.45) is 2.49. The highest BCUT2D eigenvalue weighted by molar-refractivity contribution is 5.93. The van der Waals surface area contributed by atoms with Crippen molar-refractivity contribution in [3.05, 3.63) is 54.3 Å². The first-order valence-electron chi connectivity index (χ1n) is 7.85. The number of nitrogens with zero attached hydrogens (tertiary/aromatic N) is 1. The SMILES string of the molecule is O=C(CNc1ccc(F)cc1)Nc1ccc(N2CCCC2)cc1. The Labute approximate surface area is 135 Å². The summed E-state index contributed by atoms with van der Waals surface area (Å²) in [6.45, 7) is 2.35. The molecule has 0 spiro atoms. The normalized spacial score (nSPS) is 13.9. The van der Waals surface area contributed by atoms with Gasteiger partial charge in [0.2, 0.25) is 5.91 Å². The second-order valence-electron chi connectivity index (χ2n) is 5.65. The molecule has 2 aromatic carbocycles. The van der Waals surface area contributed by atoms with Crippen LogP contribution in [-0.2, 0) is 4.79 Å². The van der Waals surface area contributed by atoms with Crippen molar-refractivity contribution >= 4 is 23.0 Å². The van der Waals surface area contributed by atoms with Crippen molar-refractivity contribution in [3.8, 4) is 0 Å². The number of anilines is 3. The maximum Gasteiger partial charge on any atom is 0.243 e. The summed E-state index contributed by atoms with van der Waals surface area (Å²) >= 11 is 0. The molecular formula is C18H20FN3O. The molecule has 3 rings (SSSR count). The van der Waals surface area contributed by atoms with E-state index in [9.17, 15) is 9.18 Å². The van der Waals surface area contributed by atoms with Gasteiger partial charge in [-0.1, -0.05) is 0 Å². The number of amides is 1. The highest BCUT2D eigenvalue weighted by Crippen LogP contribution is 2.22. The summed E-state index contributed by atoms with van der Waals surface area (Å²) < 4.78 is 12.8. The lowest BCUT2D eigenvalue weighted by atomic mass is 10.2. The molecule has 2 aromatic rings. The van der Waals surface area contributed by atoms with E-state index in [2.05, 4.69) is 15.5 Å². The summed E-state index contributed by atoms with van der Waals surface area (Å²) in [7, 11) is 0. The highest BCUT2D eigenvalue weighted by atomic mass is 19.1. The lowest BCUT2D eigenvalue weighted by Gasteiger charge is -2.17. The standard InChI is InChI=1S/C18H20FN3O/c19-14-3-5-15(6-4-14)20-13-18(23)21-16-7-9-17(10-8-16)22-11-1-2-12-22/h3-10,20H,1-2,11-13H2,(H,21,23). The van der Waals surface area contributed by atoms with E-state index in [1.54, 1.807) is 12.1 Å². The Balaban J connectivity index is 1.50. The third-order valence-electron chi connectivity index (χ3n) is 3.92. The maximum absolute atomic E-state index is 12.8. The molecule has 0 saturated carbocycles. The predicted molar refractivity (Wildman–Crippen MR) is 91.4 cm³/mol. The molecule has 1 aliphatic rings. The largest absolute Gasteiger partial charge is 0.376 e. The predicted octanol–water partition coefficient (Wildman–Crippen LogP) is 3.48. The van der Waals surface area contributed by atoms with Gasteiger partial charge >= 0.3 is 0 Å². The summed E-state index contributed by atoms with van der Waals surface area (Å²) in [5.74, 6) is -0.429. The molecule has 0 unspecified atom stereocenters. The van der Waals surface area contributed by atoms with Crippen LogP contribution in [0.3, 0.4) is 0 Å². The van der Waals surface area contributed by atoms with Crippen molar-refractivity contribution in [2.24, 2.45) is 0 Å². The van der Waals surface area contributed by atoms with Gasteiger partial charge in [-0.3, -0.25) is 4.79 Å². The molecule has 2 N–H and O–H groups in total.